The molecule has 1 atom stereocenters. The lowest BCUT2D eigenvalue weighted by Crippen LogP contribution is -2.05. The number of ether oxygens (including phenoxy) is 1. The first-order chi connectivity index (χ1) is 8.52. The van der Waals surface area contributed by atoms with Crippen molar-refractivity contribution in [3.63, 3.8) is 0 Å². The normalized spacial score (nSPS) is 12.7. The molecule has 0 amide bonds. The van der Waals surface area contributed by atoms with E-state index in [2.05, 4.69) is 15.4 Å². The minimum Gasteiger partial charge on any atom is -0.481 e. The fourth-order valence-electron chi connectivity index (χ4n) is 2.07. The van der Waals surface area contributed by atoms with Crippen LogP contribution in [-0.4, -0.2) is 37.0 Å². The van der Waals surface area contributed by atoms with Crippen LogP contribution in [0.2, 0.25) is 0 Å². The maximum atomic E-state index is 10.3. The van der Waals surface area contributed by atoms with Crippen molar-refractivity contribution in [1.82, 2.24) is 24.8 Å². The van der Waals surface area contributed by atoms with Crippen molar-refractivity contribution in [2.45, 2.75) is 19.4 Å². The molecule has 0 saturated heterocycles. The molecule has 0 aliphatic carbocycles. The van der Waals surface area contributed by atoms with Crippen LogP contribution in [-0.2, 0) is 20.5 Å². The highest BCUT2D eigenvalue weighted by atomic mass is 16.5. The van der Waals surface area contributed by atoms with E-state index in [4.69, 9.17) is 4.74 Å². The Morgan fingerprint density at radius 3 is 2.72 bits per heavy atom. The van der Waals surface area contributed by atoms with Gasteiger partial charge < -0.3 is 9.84 Å². The van der Waals surface area contributed by atoms with Gasteiger partial charge in [0.05, 0.1) is 30.2 Å². The summed E-state index contributed by atoms with van der Waals surface area (Å²) in [4.78, 5) is 0. The van der Waals surface area contributed by atoms with Gasteiger partial charge in [0.15, 0.2) is 0 Å². The van der Waals surface area contributed by atoms with Crippen molar-refractivity contribution in [2.24, 2.45) is 14.1 Å². The highest BCUT2D eigenvalue weighted by Crippen LogP contribution is 2.29. The zero-order chi connectivity index (χ0) is 13.3. The molecule has 18 heavy (non-hydrogen) atoms. The minimum atomic E-state index is -0.703. The highest BCUT2D eigenvalue weighted by Gasteiger charge is 2.22. The molecule has 0 bridgehead atoms. The number of aryl methyl sites for hydroxylation is 3. The second-order valence-corrected chi connectivity index (χ2v) is 4.24. The molecule has 0 fully saturated rings. The zero-order valence-electron chi connectivity index (χ0n) is 11.0. The Morgan fingerprint density at radius 1 is 1.44 bits per heavy atom. The van der Waals surface area contributed by atoms with Gasteiger partial charge in [-0.3, -0.25) is 4.68 Å². The van der Waals surface area contributed by atoms with E-state index in [1.807, 2.05) is 6.92 Å². The molecule has 2 heterocycles. The monoisotopic (exact) mass is 251 g/mol. The van der Waals surface area contributed by atoms with Crippen LogP contribution in [0, 0.1) is 6.92 Å². The van der Waals surface area contributed by atoms with Crippen LogP contribution in [0.4, 0.5) is 0 Å². The standard InChI is InChI=1S/C11H17N5O2/c1-7-10(11(18-4)16(3)13-7)9(17)5-8-6-15(2)14-12-8/h6,9,17H,5H2,1-4H3. The molecule has 1 unspecified atom stereocenters. The van der Waals surface area contributed by atoms with E-state index in [9.17, 15) is 5.11 Å². The average Bonchev–Trinajstić information content (AvgIpc) is 2.82. The largest absolute Gasteiger partial charge is 0.481 e. The SMILES string of the molecule is COc1c(C(O)Cc2cn(C)nn2)c(C)nn1C. The van der Waals surface area contributed by atoms with Crippen LogP contribution in [0.15, 0.2) is 6.20 Å². The summed E-state index contributed by atoms with van der Waals surface area (Å²) in [6, 6.07) is 0. The number of aliphatic hydroxyl groups is 1. The van der Waals surface area contributed by atoms with Crippen LogP contribution >= 0.6 is 0 Å². The third kappa shape index (κ3) is 2.21. The molecule has 0 saturated carbocycles. The summed E-state index contributed by atoms with van der Waals surface area (Å²) in [5, 5.41) is 22.3. The zero-order valence-corrected chi connectivity index (χ0v) is 11.0. The van der Waals surface area contributed by atoms with Gasteiger partial charge in [-0.2, -0.15) is 5.10 Å². The number of methoxy groups -OCH3 is 1. The van der Waals surface area contributed by atoms with Gasteiger partial charge >= 0.3 is 0 Å². The van der Waals surface area contributed by atoms with Crippen molar-refractivity contribution < 1.29 is 9.84 Å². The molecule has 2 aromatic rings. The van der Waals surface area contributed by atoms with E-state index >= 15 is 0 Å². The van der Waals surface area contributed by atoms with Crippen LogP contribution in [0.1, 0.15) is 23.1 Å². The topological polar surface area (TPSA) is 78.0 Å². The highest BCUT2D eigenvalue weighted by molar-refractivity contribution is 5.33. The van der Waals surface area contributed by atoms with Crippen LogP contribution < -0.4 is 4.74 Å². The van der Waals surface area contributed by atoms with E-state index in [1.165, 1.54) is 0 Å². The van der Waals surface area contributed by atoms with Crippen LogP contribution in [0.25, 0.3) is 0 Å². The van der Waals surface area contributed by atoms with E-state index in [0.29, 0.717) is 17.9 Å². The predicted molar refractivity (Wildman–Crippen MR) is 64.2 cm³/mol. The molecule has 0 aliphatic rings. The quantitative estimate of drug-likeness (QED) is 0.836. The predicted octanol–water partition coefficient (Wildman–Crippen LogP) is 0.142. The number of nitrogens with zero attached hydrogens (tertiary/aromatic N) is 5. The lowest BCUT2D eigenvalue weighted by molar-refractivity contribution is 0.171. The maximum absolute atomic E-state index is 10.3. The summed E-state index contributed by atoms with van der Waals surface area (Å²) in [5.74, 6) is 0.573. The van der Waals surface area contributed by atoms with Gasteiger partial charge in [-0.25, -0.2) is 4.68 Å². The molecule has 98 valence electrons. The van der Waals surface area contributed by atoms with Gasteiger partial charge in [0, 0.05) is 26.7 Å². The second-order valence-electron chi connectivity index (χ2n) is 4.24. The summed E-state index contributed by atoms with van der Waals surface area (Å²) in [6.07, 6.45) is 1.46. The fraction of sp³-hybridized carbons (Fsp3) is 0.545. The van der Waals surface area contributed by atoms with E-state index in [0.717, 1.165) is 11.4 Å². The molecule has 2 aromatic heterocycles. The Hall–Kier alpha value is -1.89. The summed E-state index contributed by atoms with van der Waals surface area (Å²) < 4.78 is 8.48. The van der Waals surface area contributed by atoms with E-state index in [1.54, 1.807) is 36.8 Å². The third-order valence-electron chi connectivity index (χ3n) is 2.79. The average molecular weight is 251 g/mol. The van der Waals surface area contributed by atoms with Gasteiger partial charge in [0.1, 0.15) is 0 Å². The first kappa shape index (κ1) is 12.6. The van der Waals surface area contributed by atoms with Gasteiger partial charge in [-0.1, -0.05) is 5.21 Å². The minimum absolute atomic E-state index is 0.386. The molecule has 0 aliphatic heterocycles. The number of aliphatic hydroxyl groups excluding tert-OH is 1. The van der Waals surface area contributed by atoms with Gasteiger partial charge in [0.2, 0.25) is 5.88 Å². The Labute approximate surface area is 105 Å². The van der Waals surface area contributed by atoms with Crippen molar-refractivity contribution >= 4 is 0 Å². The first-order valence-electron chi connectivity index (χ1n) is 5.63. The Morgan fingerprint density at radius 2 is 2.17 bits per heavy atom. The third-order valence-corrected chi connectivity index (χ3v) is 2.79. The van der Waals surface area contributed by atoms with Crippen molar-refractivity contribution in [2.75, 3.05) is 7.11 Å². The van der Waals surface area contributed by atoms with Crippen LogP contribution in [0.3, 0.4) is 0 Å². The second kappa shape index (κ2) is 4.77. The molecule has 2 rings (SSSR count). The summed E-state index contributed by atoms with van der Waals surface area (Å²) in [5.41, 5.74) is 2.19. The summed E-state index contributed by atoms with van der Waals surface area (Å²) >= 11 is 0. The van der Waals surface area contributed by atoms with Crippen molar-refractivity contribution in [3.8, 4) is 5.88 Å². The number of rotatable bonds is 4. The Kier molecular flexibility index (Phi) is 3.33. The Balaban J connectivity index is 2.25. The first-order valence-corrected chi connectivity index (χ1v) is 5.63. The van der Waals surface area contributed by atoms with E-state index in [-0.39, 0.29) is 0 Å². The molecule has 7 heteroatoms. The molecule has 0 radical (unpaired) electrons. The lowest BCUT2D eigenvalue weighted by atomic mass is 10.1. The summed E-state index contributed by atoms with van der Waals surface area (Å²) in [7, 11) is 5.14. The molecule has 1 N–H and O–H groups in total. The number of hydrogen-bond donors (Lipinski definition) is 1. The van der Waals surface area contributed by atoms with Crippen LogP contribution in [0.5, 0.6) is 5.88 Å². The molecular formula is C11H17N5O2. The van der Waals surface area contributed by atoms with Crippen molar-refractivity contribution in [3.05, 3.63) is 23.1 Å². The summed E-state index contributed by atoms with van der Waals surface area (Å²) in [6.45, 7) is 1.84. The number of aromatic nitrogens is 5. The maximum Gasteiger partial charge on any atom is 0.217 e. The molecular weight excluding hydrogens is 234 g/mol. The fourth-order valence-corrected chi connectivity index (χ4v) is 2.07. The Bertz CT molecular complexity index is 546. The number of hydrogen-bond acceptors (Lipinski definition) is 5. The lowest BCUT2D eigenvalue weighted by Gasteiger charge is -2.10. The smallest absolute Gasteiger partial charge is 0.217 e. The molecule has 0 aromatic carbocycles. The molecule has 0 spiro atoms. The van der Waals surface area contributed by atoms with Gasteiger partial charge in [-0.15, -0.1) is 5.10 Å². The van der Waals surface area contributed by atoms with Gasteiger partial charge in [-0.05, 0) is 6.92 Å². The van der Waals surface area contributed by atoms with Crippen molar-refractivity contribution in [1.29, 1.82) is 0 Å². The van der Waals surface area contributed by atoms with Gasteiger partial charge in [0.25, 0.3) is 0 Å². The van der Waals surface area contributed by atoms with E-state index < -0.39 is 6.10 Å². The molecule has 7 nitrogen and oxygen atoms in total.